The molecule has 6 rings (SSSR count). The maximum atomic E-state index is 14.1. The lowest BCUT2D eigenvalue weighted by Crippen LogP contribution is -2.45. The highest BCUT2D eigenvalue weighted by molar-refractivity contribution is 6.18. The van der Waals surface area contributed by atoms with Crippen LogP contribution in [0.4, 0.5) is 0 Å². The van der Waals surface area contributed by atoms with Gasteiger partial charge in [-0.05, 0) is 44.2 Å². The number of ether oxygens (including phenoxy) is 2. The summed E-state index contributed by atoms with van der Waals surface area (Å²) in [5, 5.41) is 21.0. The molecule has 1 amide bonds. The van der Waals surface area contributed by atoms with Gasteiger partial charge in [-0.3, -0.25) is 14.5 Å². The number of Topliss-reactive ketones (excluding diaryl/α,β-unsaturated/α-hetero) is 1. The van der Waals surface area contributed by atoms with Gasteiger partial charge in [-0.15, -0.1) is 0 Å². The molecule has 10 heteroatoms. The number of aromatic nitrogens is 1. The number of likely N-dealkylation sites (tertiary alicyclic amines) is 1. The number of allylic oxidation sites excluding steroid dienone is 1. The third-order valence-electron chi connectivity index (χ3n) is 8.15. The molecule has 0 aliphatic carbocycles. The number of piperazine rings is 1. The first-order valence-electron chi connectivity index (χ1n) is 13.7. The number of aromatic hydroxyl groups is 2. The Hall–Kier alpha value is -4.02. The molecule has 2 fully saturated rings. The molecule has 0 atom stereocenters. The Bertz CT molecular complexity index is 1510. The van der Waals surface area contributed by atoms with Crippen LogP contribution in [-0.4, -0.2) is 101 Å². The minimum absolute atomic E-state index is 0.00662. The van der Waals surface area contributed by atoms with Crippen LogP contribution in [-0.2, 0) is 6.54 Å². The van der Waals surface area contributed by atoms with Crippen molar-refractivity contribution in [2.75, 3.05) is 60.0 Å². The molecule has 2 N–H and O–H groups in total. The van der Waals surface area contributed by atoms with Gasteiger partial charge >= 0.3 is 0 Å². The van der Waals surface area contributed by atoms with Gasteiger partial charge in [0, 0.05) is 81.0 Å². The van der Waals surface area contributed by atoms with E-state index in [0.717, 1.165) is 62.5 Å². The Balaban J connectivity index is 1.48. The number of nitrogens with zero attached hydrogens (tertiary/aromatic N) is 4. The number of rotatable bonds is 6. The minimum Gasteiger partial charge on any atom is -0.508 e. The molecule has 0 bridgehead atoms. The van der Waals surface area contributed by atoms with Crippen molar-refractivity contribution in [3.8, 4) is 23.0 Å². The Morgan fingerprint density at radius 3 is 2.50 bits per heavy atom. The van der Waals surface area contributed by atoms with Crippen LogP contribution in [0.3, 0.4) is 0 Å². The summed E-state index contributed by atoms with van der Waals surface area (Å²) in [4.78, 5) is 34.0. The largest absolute Gasteiger partial charge is 0.508 e. The lowest BCUT2D eigenvalue weighted by Gasteiger charge is -2.32. The first kappa shape index (κ1) is 26.2. The van der Waals surface area contributed by atoms with Crippen molar-refractivity contribution in [2.24, 2.45) is 0 Å². The van der Waals surface area contributed by atoms with E-state index < -0.39 is 5.78 Å². The van der Waals surface area contributed by atoms with Gasteiger partial charge < -0.3 is 34.1 Å². The summed E-state index contributed by atoms with van der Waals surface area (Å²) in [6.07, 6.45) is 3.50. The lowest BCUT2D eigenvalue weighted by atomic mass is 10.1. The number of carbonyl (C=O) groups excluding carboxylic acids is 2. The van der Waals surface area contributed by atoms with E-state index in [0.29, 0.717) is 36.6 Å². The Morgan fingerprint density at radius 1 is 1.02 bits per heavy atom. The molecule has 3 aromatic rings. The van der Waals surface area contributed by atoms with E-state index in [-0.39, 0.29) is 34.5 Å². The summed E-state index contributed by atoms with van der Waals surface area (Å²) in [7, 11) is 3.72. The van der Waals surface area contributed by atoms with E-state index in [1.165, 1.54) is 6.07 Å². The smallest absolute Gasteiger partial charge is 0.271 e. The van der Waals surface area contributed by atoms with Crippen molar-refractivity contribution in [1.29, 1.82) is 0 Å². The van der Waals surface area contributed by atoms with Crippen molar-refractivity contribution in [3.05, 3.63) is 52.9 Å². The molecule has 0 unspecified atom stereocenters. The fraction of sp³-hybridized carbons (Fsp3) is 0.400. The number of phenols is 2. The van der Waals surface area contributed by atoms with E-state index >= 15 is 0 Å². The quantitative estimate of drug-likeness (QED) is 0.454. The summed E-state index contributed by atoms with van der Waals surface area (Å²) in [6, 6.07) is 8.12. The van der Waals surface area contributed by atoms with Gasteiger partial charge in [0.15, 0.2) is 5.76 Å². The van der Waals surface area contributed by atoms with Crippen LogP contribution in [0.1, 0.15) is 39.3 Å². The Morgan fingerprint density at radius 2 is 1.77 bits per heavy atom. The lowest BCUT2D eigenvalue weighted by molar-refractivity contribution is 0.0780. The second kappa shape index (κ2) is 10.5. The molecule has 1 aromatic heterocycles. The van der Waals surface area contributed by atoms with Crippen LogP contribution in [0.15, 0.2) is 36.1 Å². The Labute approximate surface area is 232 Å². The molecule has 40 heavy (non-hydrogen) atoms. The summed E-state index contributed by atoms with van der Waals surface area (Å²) in [5.74, 6) is -0.457. The molecule has 2 aromatic carbocycles. The fourth-order valence-electron chi connectivity index (χ4n) is 5.89. The van der Waals surface area contributed by atoms with E-state index in [4.69, 9.17) is 9.47 Å². The highest BCUT2D eigenvalue weighted by Gasteiger charge is 2.34. The molecule has 2 saturated heterocycles. The monoisotopic (exact) mass is 546 g/mol. The third-order valence-corrected chi connectivity index (χ3v) is 8.15. The molecule has 0 spiro atoms. The summed E-state index contributed by atoms with van der Waals surface area (Å²) >= 11 is 0. The molecule has 0 radical (unpaired) electrons. The zero-order chi connectivity index (χ0) is 28.0. The number of likely N-dealkylation sites (N-methyl/N-ethyl adjacent to an activating group) is 1. The predicted octanol–water partition coefficient (Wildman–Crippen LogP) is 3.16. The third kappa shape index (κ3) is 4.67. The molecule has 4 heterocycles. The average Bonchev–Trinajstić information content (AvgIpc) is 3.65. The molecule has 210 valence electrons. The van der Waals surface area contributed by atoms with Gasteiger partial charge in [0.25, 0.3) is 5.91 Å². The normalized spacial score (nSPS) is 19.0. The van der Waals surface area contributed by atoms with Crippen LogP contribution >= 0.6 is 0 Å². The maximum absolute atomic E-state index is 14.1. The second-order valence-electron chi connectivity index (χ2n) is 10.7. The molecule has 3 aliphatic heterocycles. The van der Waals surface area contributed by atoms with Gasteiger partial charge in [-0.1, -0.05) is 0 Å². The van der Waals surface area contributed by atoms with Gasteiger partial charge in [0.2, 0.25) is 5.78 Å². The number of carbonyl (C=O) groups is 2. The molecular weight excluding hydrogens is 512 g/mol. The predicted molar refractivity (Wildman–Crippen MR) is 150 cm³/mol. The van der Waals surface area contributed by atoms with Crippen LogP contribution in [0.5, 0.6) is 23.0 Å². The maximum Gasteiger partial charge on any atom is 0.271 e. The van der Waals surface area contributed by atoms with Crippen molar-refractivity contribution in [3.63, 3.8) is 0 Å². The second-order valence-corrected chi connectivity index (χ2v) is 10.7. The average molecular weight is 547 g/mol. The van der Waals surface area contributed by atoms with Crippen LogP contribution < -0.4 is 9.47 Å². The number of phenolic OH excluding ortho intramolecular Hbond substituents is 2. The first-order valence-corrected chi connectivity index (χ1v) is 13.7. The number of hydrogen-bond donors (Lipinski definition) is 2. The number of amides is 1. The van der Waals surface area contributed by atoms with E-state index in [1.807, 2.05) is 23.1 Å². The van der Waals surface area contributed by atoms with Crippen molar-refractivity contribution >= 4 is 28.7 Å². The highest BCUT2D eigenvalue weighted by atomic mass is 16.5. The fourth-order valence-corrected chi connectivity index (χ4v) is 5.89. The topological polar surface area (TPSA) is 108 Å². The van der Waals surface area contributed by atoms with Gasteiger partial charge in [-0.25, -0.2) is 0 Å². The van der Waals surface area contributed by atoms with Gasteiger partial charge in [-0.2, -0.15) is 0 Å². The van der Waals surface area contributed by atoms with Crippen molar-refractivity contribution < 1.29 is 29.3 Å². The number of fused-ring (bicyclic) bond motifs is 2. The molecular formula is C30H34N4O6. The number of benzene rings is 2. The molecule has 3 aliphatic rings. The number of ketones is 1. The van der Waals surface area contributed by atoms with Crippen LogP contribution in [0, 0.1) is 0 Å². The number of methoxy groups -OCH3 is 1. The van der Waals surface area contributed by atoms with Crippen molar-refractivity contribution in [1.82, 2.24) is 19.3 Å². The van der Waals surface area contributed by atoms with Crippen LogP contribution in [0.25, 0.3) is 17.0 Å². The van der Waals surface area contributed by atoms with Crippen molar-refractivity contribution in [2.45, 2.75) is 19.4 Å². The van der Waals surface area contributed by atoms with Crippen LogP contribution in [0.2, 0.25) is 0 Å². The molecule has 0 saturated carbocycles. The standard InChI is InChI=1S/C30H34N4O6/c1-31-9-11-32(12-10-31)13-14-34-23-6-5-20(39-2)17-21(23)22(28(34)30(38)33-7-3-4-8-33)18-26-29(37)27-24(36)15-19(35)16-25(27)40-26/h5-6,15-18,35-36H,3-4,7-14H2,1-2H3/b26-18-. The minimum atomic E-state index is -0.506. The number of hydrogen-bond acceptors (Lipinski definition) is 8. The van der Waals surface area contributed by atoms with Gasteiger partial charge in [0.05, 0.1) is 7.11 Å². The highest BCUT2D eigenvalue weighted by Crippen LogP contribution is 2.42. The zero-order valence-electron chi connectivity index (χ0n) is 22.9. The van der Waals surface area contributed by atoms with Gasteiger partial charge in [0.1, 0.15) is 34.3 Å². The SMILES string of the molecule is COc1ccc2c(c1)c(/C=C1\Oc3cc(O)cc(O)c3C1=O)c(C(=O)N1CCCC1)n2CCN1CCN(C)CC1. The van der Waals surface area contributed by atoms with E-state index in [1.54, 1.807) is 13.2 Å². The summed E-state index contributed by atoms with van der Waals surface area (Å²) in [6.45, 7) is 6.70. The zero-order valence-corrected chi connectivity index (χ0v) is 22.9. The first-order chi connectivity index (χ1) is 19.3. The summed E-state index contributed by atoms with van der Waals surface area (Å²) in [5.41, 5.74) is 1.94. The van der Waals surface area contributed by atoms with E-state index in [2.05, 4.69) is 21.4 Å². The molecule has 10 nitrogen and oxygen atoms in total. The van der Waals surface area contributed by atoms with E-state index in [9.17, 15) is 19.8 Å². The Kier molecular flexibility index (Phi) is 6.89. The summed E-state index contributed by atoms with van der Waals surface area (Å²) < 4.78 is 13.4.